The minimum Gasteiger partial charge on any atom is -0.363 e. The quantitative estimate of drug-likeness (QED) is 0.872. The highest BCUT2D eigenvalue weighted by Gasteiger charge is 1.97. The van der Waals surface area contributed by atoms with Gasteiger partial charge in [-0.25, -0.2) is 9.97 Å². The van der Waals surface area contributed by atoms with E-state index in [4.69, 9.17) is 11.6 Å². The predicted molar refractivity (Wildman–Crippen MR) is 56.5 cm³/mol. The first-order valence-corrected chi connectivity index (χ1v) is 5.25. The zero-order valence-electron chi connectivity index (χ0n) is 7.14. The van der Waals surface area contributed by atoms with E-state index < -0.39 is 0 Å². The van der Waals surface area contributed by atoms with Crippen LogP contribution < -0.4 is 5.32 Å². The zero-order valence-corrected chi connectivity index (χ0v) is 8.72. The maximum atomic E-state index is 5.68. The van der Waals surface area contributed by atoms with Crippen molar-refractivity contribution in [1.82, 2.24) is 15.0 Å². The Morgan fingerprint density at radius 2 is 2.36 bits per heavy atom. The van der Waals surface area contributed by atoms with E-state index in [2.05, 4.69) is 20.3 Å². The van der Waals surface area contributed by atoms with Crippen molar-refractivity contribution >= 4 is 28.8 Å². The number of nitrogens with zero attached hydrogens (tertiary/aromatic N) is 3. The number of thiazole rings is 1. The average molecular weight is 227 g/mol. The molecule has 1 N–H and O–H groups in total. The number of rotatable bonds is 3. The molecule has 0 spiro atoms. The second kappa shape index (κ2) is 4.34. The number of hydrogen-bond donors (Lipinski definition) is 1. The Balaban J connectivity index is 1.98. The molecular weight excluding hydrogens is 220 g/mol. The lowest BCUT2D eigenvalue weighted by Gasteiger charge is -2.01. The van der Waals surface area contributed by atoms with Crippen LogP contribution in [0.4, 0.5) is 5.82 Å². The lowest BCUT2D eigenvalue weighted by molar-refractivity contribution is 1.04. The molecule has 0 atom stereocenters. The van der Waals surface area contributed by atoms with Gasteiger partial charge in [0.2, 0.25) is 0 Å². The van der Waals surface area contributed by atoms with Gasteiger partial charge in [0.1, 0.15) is 11.0 Å². The van der Waals surface area contributed by atoms with Crippen LogP contribution in [0.5, 0.6) is 0 Å². The van der Waals surface area contributed by atoms with E-state index in [1.54, 1.807) is 23.0 Å². The van der Waals surface area contributed by atoms with E-state index in [0.717, 1.165) is 5.69 Å². The number of hydrogen-bond acceptors (Lipinski definition) is 5. The molecule has 4 nitrogen and oxygen atoms in total. The van der Waals surface area contributed by atoms with E-state index >= 15 is 0 Å². The first-order valence-electron chi connectivity index (χ1n) is 3.93. The number of aromatic nitrogens is 3. The highest BCUT2D eigenvalue weighted by Crippen LogP contribution is 2.08. The summed E-state index contributed by atoms with van der Waals surface area (Å²) >= 11 is 7.24. The van der Waals surface area contributed by atoms with Gasteiger partial charge in [0.05, 0.1) is 30.1 Å². The fourth-order valence-electron chi connectivity index (χ4n) is 0.933. The standard InChI is InChI=1S/C8H7ClN4S/c9-7-2-10-3-8(13-7)11-1-6-4-14-5-12-6/h2-5H,1H2,(H,11,13). The molecule has 0 fully saturated rings. The van der Waals surface area contributed by atoms with Crippen LogP contribution >= 0.6 is 22.9 Å². The van der Waals surface area contributed by atoms with Crippen molar-refractivity contribution in [1.29, 1.82) is 0 Å². The Kier molecular flexibility index (Phi) is 2.90. The molecule has 0 aromatic carbocycles. The van der Waals surface area contributed by atoms with Crippen LogP contribution in [-0.2, 0) is 6.54 Å². The van der Waals surface area contributed by atoms with E-state index in [1.807, 2.05) is 5.38 Å². The van der Waals surface area contributed by atoms with Crippen LogP contribution in [0.15, 0.2) is 23.3 Å². The molecule has 0 unspecified atom stereocenters. The molecule has 6 heteroatoms. The van der Waals surface area contributed by atoms with Gasteiger partial charge < -0.3 is 5.32 Å². The number of anilines is 1. The van der Waals surface area contributed by atoms with Crippen molar-refractivity contribution in [3.8, 4) is 0 Å². The van der Waals surface area contributed by atoms with Gasteiger partial charge in [-0.3, -0.25) is 4.98 Å². The van der Waals surface area contributed by atoms with Crippen LogP contribution in [-0.4, -0.2) is 15.0 Å². The Morgan fingerprint density at radius 3 is 3.07 bits per heavy atom. The second-order valence-electron chi connectivity index (χ2n) is 2.56. The molecule has 0 aliphatic heterocycles. The summed E-state index contributed by atoms with van der Waals surface area (Å²) in [5.41, 5.74) is 2.78. The molecule has 2 rings (SSSR count). The van der Waals surface area contributed by atoms with Crippen LogP contribution in [0, 0.1) is 0 Å². The van der Waals surface area contributed by atoms with Gasteiger partial charge in [-0.1, -0.05) is 11.6 Å². The smallest absolute Gasteiger partial charge is 0.149 e. The third kappa shape index (κ3) is 2.40. The van der Waals surface area contributed by atoms with Crippen molar-refractivity contribution < 1.29 is 0 Å². The zero-order chi connectivity index (χ0) is 9.80. The third-order valence-electron chi connectivity index (χ3n) is 1.54. The summed E-state index contributed by atoms with van der Waals surface area (Å²) < 4.78 is 0. The fraction of sp³-hybridized carbons (Fsp3) is 0.125. The highest BCUT2D eigenvalue weighted by molar-refractivity contribution is 7.07. The molecular formula is C8H7ClN4S. The van der Waals surface area contributed by atoms with Crippen LogP contribution in [0.2, 0.25) is 5.15 Å². The van der Waals surface area contributed by atoms with E-state index in [1.165, 1.54) is 6.20 Å². The maximum Gasteiger partial charge on any atom is 0.149 e. The molecule has 0 bridgehead atoms. The molecule has 2 heterocycles. The molecule has 14 heavy (non-hydrogen) atoms. The molecule has 0 aliphatic carbocycles. The van der Waals surface area contributed by atoms with Crippen molar-refractivity contribution in [2.24, 2.45) is 0 Å². The predicted octanol–water partition coefficient (Wildman–Crippen LogP) is 2.20. The summed E-state index contributed by atoms with van der Waals surface area (Å²) in [6, 6.07) is 0. The minimum atomic E-state index is 0.383. The van der Waals surface area contributed by atoms with E-state index in [-0.39, 0.29) is 0 Å². The van der Waals surface area contributed by atoms with E-state index in [0.29, 0.717) is 17.5 Å². The Labute approximate surface area is 90.0 Å². The average Bonchev–Trinajstić information content (AvgIpc) is 2.67. The largest absolute Gasteiger partial charge is 0.363 e. The Hall–Kier alpha value is -1.20. The monoisotopic (exact) mass is 226 g/mol. The highest BCUT2D eigenvalue weighted by atomic mass is 35.5. The second-order valence-corrected chi connectivity index (χ2v) is 3.67. The van der Waals surface area contributed by atoms with Crippen molar-refractivity contribution in [2.45, 2.75) is 6.54 Å². The fourth-order valence-corrected chi connectivity index (χ4v) is 1.64. The molecule has 2 aromatic rings. The first kappa shape index (κ1) is 9.36. The van der Waals surface area contributed by atoms with E-state index in [9.17, 15) is 0 Å². The van der Waals surface area contributed by atoms with Gasteiger partial charge in [-0.15, -0.1) is 11.3 Å². The number of nitrogens with one attached hydrogen (secondary N) is 1. The molecule has 0 saturated heterocycles. The van der Waals surface area contributed by atoms with Crippen molar-refractivity contribution in [2.75, 3.05) is 5.32 Å². The molecule has 0 amide bonds. The Morgan fingerprint density at radius 1 is 1.43 bits per heavy atom. The topological polar surface area (TPSA) is 50.7 Å². The molecule has 2 aromatic heterocycles. The summed E-state index contributed by atoms with van der Waals surface area (Å²) in [5.74, 6) is 0.658. The lowest BCUT2D eigenvalue weighted by atomic mass is 10.5. The summed E-state index contributed by atoms with van der Waals surface area (Å²) in [4.78, 5) is 12.1. The maximum absolute atomic E-state index is 5.68. The summed E-state index contributed by atoms with van der Waals surface area (Å²) in [7, 11) is 0. The van der Waals surface area contributed by atoms with Crippen LogP contribution in [0.25, 0.3) is 0 Å². The SMILES string of the molecule is Clc1cncc(NCc2cscn2)n1. The van der Waals surface area contributed by atoms with Crippen LogP contribution in [0.3, 0.4) is 0 Å². The van der Waals surface area contributed by atoms with Gasteiger partial charge in [-0.2, -0.15) is 0 Å². The van der Waals surface area contributed by atoms with Gasteiger partial charge in [0.25, 0.3) is 0 Å². The molecule has 0 aliphatic rings. The van der Waals surface area contributed by atoms with Gasteiger partial charge in [-0.05, 0) is 0 Å². The summed E-state index contributed by atoms with van der Waals surface area (Å²) in [6.07, 6.45) is 3.12. The number of halogens is 1. The molecule has 0 radical (unpaired) electrons. The summed E-state index contributed by atoms with van der Waals surface area (Å²) in [5, 5.41) is 5.43. The van der Waals surface area contributed by atoms with Gasteiger partial charge >= 0.3 is 0 Å². The van der Waals surface area contributed by atoms with Crippen LogP contribution in [0.1, 0.15) is 5.69 Å². The minimum absolute atomic E-state index is 0.383. The molecule has 72 valence electrons. The van der Waals surface area contributed by atoms with Crippen molar-refractivity contribution in [3.05, 3.63) is 34.1 Å². The third-order valence-corrected chi connectivity index (χ3v) is 2.36. The van der Waals surface area contributed by atoms with Gasteiger partial charge in [0, 0.05) is 5.38 Å². The Bertz CT molecular complexity index is 403. The van der Waals surface area contributed by atoms with Gasteiger partial charge in [0.15, 0.2) is 0 Å². The first-order chi connectivity index (χ1) is 6.84. The van der Waals surface area contributed by atoms with Crippen molar-refractivity contribution in [3.63, 3.8) is 0 Å². The molecule has 0 saturated carbocycles. The normalized spacial score (nSPS) is 10.1. The summed E-state index contributed by atoms with van der Waals surface area (Å²) in [6.45, 7) is 0.637. The lowest BCUT2D eigenvalue weighted by Crippen LogP contribution is -2.01.